The number of ether oxygens (including phenoxy) is 3. The summed E-state index contributed by atoms with van der Waals surface area (Å²) in [6.07, 6.45) is 5.38. The highest BCUT2D eigenvalue weighted by Crippen LogP contribution is 2.38. The third kappa shape index (κ3) is 6.07. The molecule has 0 heterocycles. The number of methoxy groups -OCH3 is 3. The maximum absolute atomic E-state index is 12.2. The van der Waals surface area contributed by atoms with E-state index < -0.39 is 0 Å². The number of anilines is 1. The van der Waals surface area contributed by atoms with Crippen molar-refractivity contribution < 1.29 is 19.0 Å². The minimum atomic E-state index is -0.222. The number of carbonyl (C=O) groups excluding carboxylic acids is 1. The van der Waals surface area contributed by atoms with Gasteiger partial charge in [0.2, 0.25) is 11.7 Å². The Bertz CT molecular complexity index is 925. The topological polar surface area (TPSA) is 93.2 Å². The lowest BCUT2D eigenvalue weighted by Gasteiger charge is -2.16. The number of aliphatic imine (C=N–C) groups is 1. The van der Waals surface area contributed by atoms with Crippen molar-refractivity contribution in [3.05, 3.63) is 47.5 Å². The van der Waals surface area contributed by atoms with E-state index in [2.05, 4.69) is 26.9 Å². The number of benzene rings is 2. The molecule has 0 aliphatic rings. The van der Waals surface area contributed by atoms with Crippen molar-refractivity contribution in [3.8, 4) is 29.6 Å². The molecule has 0 aliphatic carbocycles. The van der Waals surface area contributed by atoms with Crippen LogP contribution in [-0.4, -0.2) is 46.8 Å². The van der Waals surface area contributed by atoms with Gasteiger partial charge in [-0.05, 0) is 35.9 Å². The molecule has 0 atom stereocenters. The Morgan fingerprint density at radius 2 is 1.77 bits per heavy atom. The minimum Gasteiger partial charge on any atom is -0.493 e. The molecule has 0 radical (unpaired) electrons. The first-order chi connectivity index (χ1) is 14.5. The van der Waals surface area contributed by atoms with E-state index >= 15 is 0 Å². The Morgan fingerprint density at radius 3 is 2.33 bits per heavy atom. The first kappa shape index (κ1) is 22.4. The van der Waals surface area contributed by atoms with Crippen molar-refractivity contribution in [2.75, 3.05) is 40.2 Å². The van der Waals surface area contributed by atoms with Crippen LogP contribution in [0.5, 0.6) is 17.2 Å². The lowest BCUT2D eigenvalue weighted by Crippen LogP contribution is -2.41. The summed E-state index contributed by atoms with van der Waals surface area (Å²) < 4.78 is 16.0. The second-order valence-corrected chi connectivity index (χ2v) is 6.09. The van der Waals surface area contributed by atoms with Crippen LogP contribution in [0.3, 0.4) is 0 Å². The Balaban J connectivity index is 1.93. The van der Waals surface area contributed by atoms with Gasteiger partial charge in [-0.2, -0.15) is 0 Å². The predicted octanol–water partition coefficient (Wildman–Crippen LogP) is 2.00. The van der Waals surface area contributed by atoms with Crippen LogP contribution in [-0.2, 0) is 11.3 Å². The van der Waals surface area contributed by atoms with Crippen molar-refractivity contribution in [3.63, 3.8) is 0 Å². The molecule has 2 aromatic rings. The molecule has 0 saturated heterocycles. The number of nitrogens with one attached hydrogen (secondary N) is 3. The van der Waals surface area contributed by atoms with Crippen LogP contribution in [0.4, 0.5) is 5.69 Å². The Kier molecular flexibility index (Phi) is 8.39. The zero-order valence-corrected chi connectivity index (χ0v) is 17.5. The molecule has 0 bridgehead atoms. The number of guanidine groups is 1. The lowest BCUT2D eigenvalue weighted by atomic mass is 10.2. The molecule has 0 aliphatic heterocycles. The lowest BCUT2D eigenvalue weighted by molar-refractivity contribution is -0.115. The van der Waals surface area contributed by atoms with Crippen molar-refractivity contribution in [1.29, 1.82) is 0 Å². The largest absolute Gasteiger partial charge is 0.493 e. The minimum absolute atomic E-state index is 0.0369. The van der Waals surface area contributed by atoms with Gasteiger partial charge in [0.15, 0.2) is 17.5 Å². The third-order valence-corrected chi connectivity index (χ3v) is 4.14. The molecule has 3 N–H and O–H groups in total. The van der Waals surface area contributed by atoms with Crippen LogP contribution in [0.1, 0.15) is 11.1 Å². The van der Waals surface area contributed by atoms with E-state index in [1.165, 1.54) is 0 Å². The normalized spacial score (nSPS) is 10.6. The summed E-state index contributed by atoms with van der Waals surface area (Å²) in [5, 5.41) is 8.90. The van der Waals surface area contributed by atoms with E-state index in [0.29, 0.717) is 41.0 Å². The predicted molar refractivity (Wildman–Crippen MR) is 117 cm³/mol. The fraction of sp³-hybridized carbons (Fsp3) is 0.273. The van der Waals surface area contributed by atoms with Gasteiger partial charge >= 0.3 is 0 Å². The summed E-state index contributed by atoms with van der Waals surface area (Å²) >= 11 is 0. The van der Waals surface area contributed by atoms with Gasteiger partial charge in [-0.25, -0.2) is 0 Å². The first-order valence-electron chi connectivity index (χ1n) is 9.14. The van der Waals surface area contributed by atoms with Crippen LogP contribution in [0.15, 0.2) is 41.4 Å². The molecule has 158 valence electrons. The average molecular weight is 410 g/mol. The molecule has 8 nitrogen and oxygen atoms in total. The monoisotopic (exact) mass is 410 g/mol. The highest BCUT2D eigenvalue weighted by molar-refractivity contribution is 5.95. The Morgan fingerprint density at radius 1 is 1.07 bits per heavy atom. The molecule has 0 spiro atoms. The SMILES string of the molecule is C#Cc1cccc(NC(=O)CNC(=NC)NCc2cc(OC)c(OC)c(OC)c2)c1. The van der Waals surface area contributed by atoms with E-state index in [0.717, 1.165) is 5.56 Å². The maximum atomic E-state index is 12.2. The third-order valence-electron chi connectivity index (χ3n) is 4.14. The van der Waals surface area contributed by atoms with Gasteiger partial charge < -0.3 is 30.2 Å². The van der Waals surface area contributed by atoms with E-state index in [1.807, 2.05) is 12.1 Å². The van der Waals surface area contributed by atoms with Crippen molar-refractivity contribution in [2.45, 2.75) is 6.54 Å². The average Bonchev–Trinajstić information content (AvgIpc) is 2.78. The highest BCUT2D eigenvalue weighted by atomic mass is 16.5. The van der Waals surface area contributed by atoms with Crippen LogP contribution in [0, 0.1) is 12.3 Å². The molecule has 8 heteroatoms. The second-order valence-electron chi connectivity index (χ2n) is 6.09. The fourth-order valence-corrected chi connectivity index (χ4v) is 2.70. The quantitative estimate of drug-likeness (QED) is 0.350. The maximum Gasteiger partial charge on any atom is 0.243 e. The zero-order valence-electron chi connectivity index (χ0n) is 17.5. The molecule has 0 fully saturated rings. The molecule has 2 rings (SSSR count). The number of hydrogen-bond acceptors (Lipinski definition) is 5. The molecule has 0 aromatic heterocycles. The van der Waals surface area contributed by atoms with Gasteiger partial charge in [0, 0.05) is 24.8 Å². The Hall–Kier alpha value is -3.86. The second kappa shape index (κ2) is 11.2. The van der Waals surface area contributed by atoms with Crippen LogP contribution < -0.4 is 30.2 Å². The summed E-state index contributed by atoms with van der Waals surface area (Å²) in [7, 11) is 6.30. The van der Waals surface area contributed by atoms with E-state index in [1.54, 1.807) is 52.6 Å². The number of carbonyl (C=O) groups is 1. The van der Waals surface area contributed by atoms with Gasteiger partial charge in [0.05, 0.1) is 27.9 Å². The molecular formula is C22H26N4O4. The number of nitrogens with zero attached hydrogens (tertiary/aromatic N) is 1. The Labute approximate surface area is 176 Å². The van der Waals surface area contributed by atoms with Gasteiger partial charge in [-0.3, -0.25) is 9.79 Å². The van der Waals surface area contributed by atoms with Gasteiger partial charge in [-0.15, -0.1) is 6.42 Å². The van der Waals surface area contributed by atoms with E-state index in [9.17, 15) is 4.79 Å². The van der Waals surface area contributed by atoms with Gasteiger partial charge in [0.25, 0.3) is 0 Å². The molecule has 30 heavy (non-hydrogen) atoms. The highest BCUT2D eigenvalue weighted by Gasteiger charge is 2.13. The summed E-state index contributed by atoms with van der Waals surface area (Å²) in [5.41, 5.74) is 2.23. The number of amides is 1. The summed E-state index contributed by atoms with van der Waals surface area (Å²) in [4.78, 5) is 16.3. The van der Waals surface area contributed by atoms with Crippen molar-refractivity contribution in [2.24, 2.45) is 4.99 Å². The van der Waals surface area contributed by atoms with Crippen molar-refractivity contribution in [1.82, 2.24) is 10.6 Å². The first-order valence-corrected chi connectivity index (χ1v) is 9.14. The standard InChI is InChI=1S/C22H26N4O4/c1-6-15-8-7-9-17(10-15)26-20(27)14-25-22(23-2)24-13-16-11-18(28-3)21(30-5)19(12-16)29-4/h1,7-12H,13-14H2,2-5H3,(H,26,27)(H2,23,24,25). The van der Waals surface area contributed by atoms with Crippen LogP contribution >= 0.6 is 0 Å². The molecule has 2 aromatic carbocycles. The molecular weight excluding hydrogens is 384 g/mol. The van der Waals surface area contributed by atoms with Crippen LogP contribution in [0.2, 0.25) is 0 Å². The molecule has 0 saturated carbocycles. The summed E-state index contributed by atoms with van der Waals surface area (Å²) in [6.45, 7) is 0.470. The van der Waals surface area contributed by atoms with E-state index in [-0.39, 0.29) is 12.5 Å². The smallest absolute Gasteiger partial charge is 0.243 e. The number of hydrogen-bond donors (Lipinski definition) is 3. The molecule has 0 unspecified atom stereocenters. The summed E-state index contributed by atoms with van der Waals surface area (Å²) in [5.74, 6) is 4.43. The zero-order chi connectivity index (χ0) is 21.9. The van der Waals surface area contributed by atoms with Crippen LogP contribution in [0.25, 0.3) is 0 Å². The van der Waals surface area contributed by atoms with Gasteiger partial charge in [-0.1, -0.05) is 12.0 Å². The summed E-state index contributed by atoms with van der Waals surface area (Å²) in [6, 6.07) is 10.8. The number of rotatable bonds is 8. The number of terminal acetylenes is 1. The molecule has 1 amide bonds. The fourth-order valence-electron chi connectivity index (χ4n) is 2.70. The van der Waals surface area contributed by atoms with Crippen molar-refractivity contribution >= 4 is 17.6 Å². The van der Waals surface area contributed by atoms with Gasteiger partial charge in [0.1, 0.15) is 0 Å². The van der Waals surface area contributed by atoms with E-state index in [4.69, 9.17) is 20.6 Å².